The van der Waals surface area contributed by atoms with Crippen molar-refractivity contribution in [3.05, 3.63) is 74.8 Å². The van der Waals surface area contributed by atoms with Crippen LogP contribution in [0.1, 0.15) is 22.3 Å². The number of hydrogen-bond donors (Lipinski definition) is 2. The van der Waals surface area contributed by atoms with Crippen molar-refractivity contribution < 1.29 is 14.5 Å². The highest BCUT2D eigenvalue weighted by molar-refractivity contribution is 6.33. The average molecular weight is 375 g/mol. The smallest absolute Gasteiger partial charge is 0.269 e. The number of benzene rings is 2. The second-order valence-corrected chi connectivity index (χ2v) is 5.53. The fourth-order valence-corrected chi connectivity index (χ4v) is 2.17. The number of halogens is 1. The molecule has 0 fully saturated rings. The Kier molecular flexibility index (Phi) is 6.81. The van der Waals surface area contributed by atoms with E-state index in [2.05, 4.69) is 15.8 Å². The Morgan fingerprint density at radius 3 is 2.50 bits per heavy atom. The molecule has 2 amide bonds. The molecule has 9 heteroatoms. The summed E-state index contributed by atoms with van der Waals surface area (Å²) in [5, 5.41) is 17.2. The molecular formula is C17H15ClN4O4. The number of nitrogens with one attached hydrogen (secondary N) is 2. The predicted molar refractivity (Wildman–Crippen MR) is 97.2 cm³/mol. The summed E-state index contributed by atoms with van der Waals surface area (Å²) in [5.74, 6) is -0.750. The van der Waals surface area contributed by atoms with Gasteiger partial charge in [-0.2, -0.15) is 5.10 Å². The Morgan fingerprint density at radius 2 is 1.85 bits per heavy atom. The van der Waals surface area contributed by atoms with Crippen molar-refractivity contribution in [2.24, 2.45) is 5.10 Å². The summed E-state index contributed by atoms with van der Waals surface area (Å²) in [6.45, 7) is 0.128. The van der Waals surface area contributed by atoms with Crippen LogP contribution in [0.3, 0.4) is 0 Å². The van der Waals surface area contributed by atoms with Crippen molar-refractivity contribution in [3.63, 3.8) is 0 Å². The third-order valence-corrected chi connectivity index (χ3v) is 3.59. The van der Waals surface area contributed by atoms with E-state index >= 15 is 0 Å². The van der Waals surface area contributed by atoms with Gasteiger partial charge in [0.05, 0.1) is 21.7 Å². The molecular weight excluding hydrogens is 360 g/mol. The quantitative estimate of drug-likeness (QED) is 0.440. The van der Waals surface area contributed by atoms with Crippen LogP contribution >= 0.6 is 11.6 Å². The van der Waals surface area contributed by atoms with E-state index in [1.165, 1.54) is 30.5 Å². The van der Waals surface area contributed by atoms with Gasteiger partial charge in [0.2, 0.25) is 5.91 Å². The topological polar surface area (TPSA) is 114 Å². The fourth-order valence-electron chi connectivity index (χ4n) is 1.95. The number of amides is 2. The highest BCUT2D eigenvalue weighted by Crippen LogP contribution is 2.14. The monoisotopic (exact) mass is 374 g/mol. The van der Waals surface area contributed by atoms with E-state index in [0.717, 1.165) is 0 Å². The summed E-state index contributed by atoms with van der Waals surface area (Å²) < 4.78 is 0. The summed E-state index contributed by atoms with van der Waals surface area (Å²) in [6, 6.07) is 12.3. The van der Waals surface area contributed by atoms with E-state index in [1.807, 2.05) is 0 Å². The lowest BCUT2D eigenvalue weighted by Gasteiger charge is -2.06. The molecule has 2 aromatic rings. The molecule has 2 aromatic carbocycles. The van der Waals surface area contributed by atoms with Crippen molar-refractivity contribution >= 4 is 35.3 Å². The molecule has 134 valence electrons. The molecule has 8 nitrogen and oxygen atoms in total. The van der Waals surface area contributed by atoms with Crippen LogP contribution in [0.15, 0.2) is 53.6 Å². The third-order valence-electron chi connectivity index (χ3n) is 3.26. The summed E-state index contributed by atoms with van der Waals surface area (Å²) >= 11 is 5.92. The molecule has 0 spiro atoms. The van der Waals surface area contributed by atoms with Gasteiger partial charge < -0.3 is 5.32 Å². The van der Waals surface area contributed by atoms with E-state index in [1.54, 1.807) is 24.3 Å². The van der Waals surface area contributed by atoms with Gasteiger partial charge in [-0.05, 0) is 29.8 Å². The van der Waals surface area contributed by atoms with E-state index in [9.17, 15) is 19.7 Å². The second-order valence-electron chi connectivity index (χ2n) is 5.13. The number of carbonyl (C=O) groups excluding carboxylic acids is 2. The number of carbonyl (C=O) groups is 2. The first-order chi connectivity index (χ1) is 12.5. The molecule has 0 aliphatic rings. The molecule has 0 bridgehead atoms. The summed E-state index contributed by atoms with van der Waals surface area (Å²) in [7, 11) is 0. The lowest BCUT2D eigenvalue weighted by atomic mass is 10.2. The number of non-ortho nitro benzene ring substituents is 1. The maximum absolute atomic E-state index is 11.9. The maximum atomic E-state index is 11.9. The van der Waals surface area contributed by atoms with Gasteiger partial charge in [-0.1, -0.05) is 23.7 Å². The molecule has 0 saturated carbocycles. The maximum Gasteiger partial charge on any atom is 0.269 e. The van der Waals surface area contributed by atoms with Crippen LogP contribution in [0.25, 0.3) is 0 Å². The summed E-state index contributed by atoms with van der Waals surface area (Å²) in [5.41, 5.74) is 3.22. The average Bonchev–Trinajstić information content (AvgIpc) is 2.62. The van der Waals surface area contributed by atoms with E-state index in [0.29, 0.717) is 16.1 Å². The van der Waals surface area contributed by atoms with Crippen LogP contribution in [0.2, 0.25) is 5.02 Å². The van der Waals surface area contributed by atoms with Crippen LogP contribution in [-0.4, -0.2) is 29.5 Å². The van der Waals surface area contributed by atoms with Gasteiger partial charge >= 0.3 is 0 Å². The molecule has 0 atom stereocenters. The Bertz CT molecular complexity index is 837. The number of hydrazone groups is 1. The fraction of sp³-hybridized carbons (Fsp3) is 0.118. The zero-order valence-corrected chi connectivity index (χ0v) is 14.3. The Labute approximate surface area is 154 Å². The van der Waals surface area contributed by atoms with Gasteiger partial charge in [-0.15, -0.1) is 0 Å². The molecule has 0 aliphatic heterocycles. The van der Waals surface area contributed by atoms with Gasteiger partial charge in [-0.3, -0.25) is 19.7 Å². The largest absolute Gasteiger partial charge is 0.351 e. The van der Waals surface area contributed by atoms with E-state index < -0.39 is 4.92 Å². The molecule has 0 unspecified atom stereocenters. The number of hydrogen-bond acceptors (Lipinski definition) is 5. The number of nitrogens with zero attached hydrogens (tertiary/aromatic N) is 2. The molecule has 0 heterocycles. The van der Waals surface area contributed by atoms with Crippen molar-refractivity contribution in [3.8, 4) is 0 Å². The first-order valence-electron chi connectivity index (χ1n) is 7.56. The van der Waals surface area contributed by atoms with Gasteiger partial charge in [0.25, 0.3) is 11.6 Å². The van der Waals surface area contributed by atoms with Crippen LogP contribution < -0.4 is 10.7 Å². The molecule has 26 heavy (non-hydrogen) atoms. The highest BCUT2D eigenvalue weighted by atomic mass is 35.5. The summed E-state index contributed by atoms with van der Waals surface area (Å²) in [4.78, 5) is 33.6. The van der Waals surface area contributed by atoms with Crippen molar-refractivity contribution in [2.45, 2.75) is 6.42 Å². The minimum Gasteiger partial charge on any atom is -0.351 e. The molecule has 0 aromatic heterocycles. The zero-order chi connectivity index (χ0) is 18.9. The lowest BCUT2D eigenvalue weighted by molar-refractivity contribution is -0.384. The van der Waals surface area contributed by atoms with Gasteiger partial charge in [0.1, 0.15) is 0 Å². The molecule has 0 saturated heterocycles. The van der Waals surface area contributed by atoms with E-state index in [-0.39, 0.29) is 30.5 Å². The van der Waals surface area contributed by atoms with Crippen LogP contribution in [0.4, 0.5) is 5.69 Å². The Hall–Kier alpha value is -3.26. The normalized spacial score (nSPS) is 10.5. The SMILES string of the molecule is O=C(CCNC(=O)c1ccccc1Cl)N/N=C/c1ccc([N+](=O)[O-])cc1. The first-order valence-corrected chi connectivity index (χ1v) is 7.94. The van der Waals surface area contributed by atoms with Gasteiger partial charge in [0.15, 0.2) is 0 Å². The minimum absolute atomic E-state index is 0.0274. The minimum atomic E-state index is -0.500. The second kappa shape index (κ2) is 9.28. The van der Waals surface area contributed by atoms with Crippen LogP contribution in [0.5, 0.6) is 0 Å². The van der Waals surface area contributed by atoms with Crippen molar-refractivity contribution in [2.75, 3.05) is 6.54 Å². The zero-order valence-electron chi connectivity index (χ0n) is 13.5. The number of nitro benzene ring substituents is 1. The predicted octanol–water partition coefficient (Wildman–Crippen LogP) is 2.52. The van der Waals surface area contributed by atoms with Crippen LogP contribution in [0, 0.1) is 10.1 Å². The Balaban J connectivity index is 1.74. The molecule has 2 N–H and O–H groups in total. The van der Waals surface area contributed by atoms with Crippen LogP contribution in [-0.2, 0) is 4.79 Å². The summed E-state index contributed by atoms with van der Waals surface area (Å²) in [6.07, 6.45) is 1.40. The van der Waals surface area contributed by atoms with Gasteiger partial charge in [0, 0.05) is 25.1 Å². The number of rotatable bonds is 7. The third kappa shape index (κ3) is 5.67. The Morgan fingerprint density at radius 1 is 1.15 bits per heavy atom. The highest BCUT2D eigenvalue weighted by Gasteiger charge is 2.09. The first kappa shape index (κ1) is 19.1. The van der Waals surface area contributed by atoms with Crippen molar-refractivity contribution in [1.29, 1.82) is 0 Å². The standard InChI is InChI=1S/C17H15ClN4O4/c18-15-4-2-1-3-14(15)17(24)19-10-9-16(23)21-20-11-12-5-7-13(8-6-12)22(25)26/h1-8,11H,9-10H2,(H,19,24)(H,21,23)/b20-11+. The lowest BCUT2D eigenvalue weighted by Crippen LogP contribution is -2.29. The molecule has 0 aliphatic carbocycles. The molecule has 0 radical (unpaired) electrons. The van der Waals surface area contributed by atoms with Gasteiger partial charge in [-0.25, -0.2) is 5.43 Å². The van der Waals surface area contributed by atoms with Crippen molar-refractivity contribution in [1.82, 2.24) is 10.7 Å². The molecule has 2 rings (SSSR count). The van der Waals surface area contributed by atoms with E-state index in [4.69, 9.17) is 11.6 Å². The number of nitro groups is 1.